The van der Waals surface area contributed by atoms with Crippen LogP contribution in [0.2, 0.25) is 0 Å². The summed E-state index contributed by atoms with van der Waals surface area (Å²) in [5.41, 5.74) is 2.30. The molecule has 3 nitrogen and oxygen atoms in total. The van der Waals surface area contributed by atoms with E-state index in [1.807, 2.05) is 18.2 Å². The van der Waals surface area contributed by atoms with Gasteiger partial charge in [0.15, 0.2) is 0 Å². The highest BCUT2D eigenvalue weighted by atomic mass is 16.5. The summed E-state index contributed by atoms with van der Waals surface area (Å²) >= 11 is 0. The Morgan fingerprint density at radius 3 is 2.05 bits per heavy atom. The Bertz CT molecular complexity index is 532. The molecule has 0 amide bonds. The van der Waals surface area contributed by atoms with Crippen LogP contribution in [-0.2, 0) is 12.8 Å². The number of phenols is 1. The van der Waals surface area contributed by atoms with Gasteiger partial charge in [0.05, 0.1) is 14.2 Å². The molecule has 0 unspecified atom stereocenters. The second kappa shape index (κ2) is 6.14. The van der Waals surface area contributed by atoms with Gasteiger partial charge in [-0.3, -0.25) is 0 Å². The average Bonchev–Trinajstić information content (AvgIpc) is 2.45. The van der Waals surface area contributed by atoms with Crippen LogP contribution < -0.4 is 9.47 Å². The number of methoxy groups -OCH3 is 2. The number of phenolic OH excluding ortho intramolecular Hbond substituents is 1. The van der Waals surface area contributed by atoms with E-state index in [-0.39, 0.29) is 5.75 Å². The largest absolute Gasteiger partial charge is 0.508 e. The SMILES string of the molecule is COc1ccc(CCc2cc(O)cc(OC)c2)cc1. The van der Waals surface area contributed by atoms with E-state index in [4.69, 9.17) is 9.47 Å². The fourth-order valence-electron chi connectivity index (χ4n) is 1.99. The van der Waals surface area contributed by atoms with Crippen LogP contribution in [0.25, 0.3) is 0 Å². The Balaban J connectivity index is 2.03. The Hall–Kier alpha value is -2.16. The van der Waals surface area contributed by atoms with E-state index in [1.165, 1.54) is 5.56 Å². The third kappa shape index (κ3) is 3.65. The minimum atomic E-state index is 0.240. The lowest BCUT2D eigenvalue weighted by atomic mass is 10.0. The van der Waals surface area contributed by atoms with Crippen LogP contribution in [0.3, 0.4) is 0 Å². The van der Waals surface area contributed by atoms with E-state index in [0.717, 1.165) is 24.2 Å². The normalized spacial score (nSPS) is 10.2. The van der Waals surface area contributed by atoms with Gasteiger partial charge < -0.3 is 14.6 Å². The molecule has 2 aromatic rings. The molecule has 3 heteroatoms. The third-order valence-corrected chi connectivity index (χ3v) is 3.05. The lowest BCUT2D eigenvalue weighted by Gasteiger charge is -2.07. The lowest BCUT2D eigenvalue weighted by molar-refractivity contribution is 0.407. The van der Waals surface area contributed by atoms with E-state index in [9.17, 15) is 5.11 Å². The van der Waals surface area contributed by atoms with Crippen molar-refractivity contribution in [1.29, 1.82) is 0 Å². The van der Waals surface area contributed by atoms with Crippen molar-refractivity contribution in [2.45, 2.75) is 12.8 Å². The summed E-state index contributed by atoms with van der Waals surface area (Å²) in [5, 5.41) is 9.59. The predicted octanol–water partition coefficient (Wildman–Crippen LogP) is 3.19. The number of hydrogen-bond acceptors (Lipinski definition) is 3. The Kier molecular flexibility index (Phi) is 4.29. The molecule has 0 saturated heterocycles. The molecule has 0 aliphatic rings. The van der Waals surface area contributed by atoms with Crippen molar-refractivity contribution >= 4 is 0 Å². The van der Waals surface area contributed by atoms with Crippen LogP contribution in [0.15, 0.2) is 42.5 Å². The summed E-state index contributed by atoms with van der Waals surface area (Å²) in [7, 11) is 3.26. The molecule has 0 atom stereocenters. The van der Waals surface area contributed by atoms with E-state index in [2.05, 4.69) is 12.1 Å². The number of hydrogen-bond donors (Lipinski definition) is 1. The molecule has 2 rings (SSSR count). The van der Waals surface area contributed by atoms with Crippen molar-refractivity contribution in [2.75, 3.05) is 14.2 Å². The molecule has 0 aromatic heterocycles. The van der Waals surface area contributed by atoms with Crippen molar-refractivity contribution in [2.24, 2.45) is 0 Å². The molecule has 0 fully saturated rings. The first kappa shape index (κ1) is 13.3. The maximum absolute atomic E-state index is 9.59. The van der Waals surface area contributed by atoms with Gasteiger partial charge in [0.25, 0.3) is 0 Å². The van der Waals surface area contributed by atoms with Crippen LogP contribution in [0.4, 0.5) is 0 Å². The Labute approximate surface area is 113 Å². The molecular weight excluding hydrogens is 240 g/mol. The van der Waals surface area contributed by atoms with Gasteiger partial charge in [0.2, 0.25) is 0 Å². The van der Waals surface area contributed by atoms with Crippen LogP contribution in [0.1, 0.15) is 11.1 Å². The zero-order valence-corrected chi connectivity index (χ0v) is 11.2. The maximum atomic E-state index is 9.59. The fourth-order valence-corrected chi connectivity index (χ4v) is 1.99. The number of aryl methyl sites for hydroxylation is 2. The van der Waals surface area contributed by atoms with E-state index < -0.39 is 0 Å². The number of rotatable bonds is 5. The summed E-state index contributed by atoms with van der Waals surface area (Å²) < 4.78 is 10.3. The molecule has 2 aromatic carbocycles. The van der Waals surface area contributed by atoms with E-state index in [0.29, 0.717) is 5.75 Å². The molecule has 0 heterocycles. The highest BCUT2D eigenvalue weighted by Gasteiger charge is 2.02. The zero-order valence-electron chi connectivity index (χ0n) is 11.2. The van der Waals surface area contributed by atoms with Crippen molar-refractivity contribution in [3.63, 3.8) is 0 Å². The van der Waals surface area contributed by atoms with Gasteiger partial charge >= 0.3 is 0 Å². The minimum Gasteiger partial charge on any atom is -0.508 e. The van der Waals surface area contributed by atoms with Crippen molar-refractivity contribution < 1.29 is 14.6 Å². The van der Waals surface area contributed by atoms with E-state index >= 15 is 0 Å². The lowest BCUT2D eigenvalue weighted by Crippen LogP contribution is -1.93. The summed E-state index contributed by atoms with van der Waals surface area (Å²) in [4.78, 5) is 0. The summed E-state index contributed by atoms with van der Waals surface area (Å²) in [6.07, 6.45) is 1.77. The monoisotopic (exact) mass is 258 g/mol. The molecule has 0 bridgehead atoms. The topological polar surface area (TPSA) is 38.7 Å². The first-order valence-corrected chi connectivity index (χ1v) is 6.21. The second-order valence-corrected chi connectivity index (χ2v) is 4.39. The Morgan fingerprint density at radius 2 is 1.42 bits per heavy atom. The minimum absolute atomic E-state index is 0.240. The smallest absolute Gasteiger partial charge is 0.122 e. The molecule has 1 N–H and O–H groups in total. The summed E-state index contributed by atoms with van der Waals surface area (Å²) in [6.45, 7) is 0. The van der Waals surface area contributed by atoms with Crippen LogP contribution >= 0.6 is 0 Å². The standard InChI is InChI=1S/C16H18O3/c1-18-15-7-5-12(6-8-15)3-4-13-9-14(17)11-16(10-13)19-2/h5-11,17H,3-4H2,1-2H3. The zero-order chi connectivity index (χ0) is 13.7. The molecule has 0 aliphatic carbocycles. The third-order valence-electron chi connectivity index (χ3n) is 3.05. The van der Waals surface area contributed by atoms with Gasteiger partial charge in [-0.15, -0.1) is 0 Å². The molecule has 0 aliphatic heterocycles. The van der Waals surface area contributed by atoms with Crippen LogP contribution in [0.5, 0.6) is 17.2 Å². The summed E-state index contributed by atoms with van der Waals surface area (Å²) in [6, 6.07) is 13.3. The highest BCUT2D eigenvalue weighted by Crippen LogP contribution is 2.22. The fraction of sp³-hybridized carbons (Fsp3) is 0.250. The Morgan fingerprint density at radius 1 is 0.789 bits per heavy atom. The van der Waals surface area contributed by atoms with Gasteiger partial charge in [-0.05, 0) is 48.2 Å². The van der Waals surface area contributed by atoms with Gasteiger partial charge in [0, 0.05) is 6.07 Å². The maximum Gasteiger partial charge on any atom is 0.122 e. The van der Waals surface area contributed by atoms with Crippen molar-refractivity contribution in [3.05, 3.63) is 53.6 Å². The van der Waals surface area contributed by atoms with Crippen LogP contribution in [0, 0.1) is 0 Å². The van der Waals surface area contributed by atoms with Gasteiger partial charge in [0.1, 0.15) is 17.2 Å². The van der Waals surface area contributed by atoms with Crippen LogP contribution in [-0.4, -0.2) is 19.3 Å². The second-order valence-electron chi connectivity index (χ2n) is 4.39. The molecule has 0 spiro atoms. The molecule has 19 heavy (non-hydrogen) atoms. The van der Waals surface area contributed by atoms with Gasteiger partial charge in [-0.2, -0.15) is 0 Å². The van der Waals surface area contributed by atoms with Gasteiger partial charge in [-0.1, -0.05) is 12.1 Å². The number of ether oxygens (including phenoxy) is 2. The average molecular weight is 258 g/mol. The van der Waals surface area contributed by atoms with Gasteiger partial charge in [-0.25, -0.2) is 0 Å². The number of benzene rings is 2. The highest BCUT2D eigenvalue weighted by molar-refractivity contribution is 5.38. The first-order chi connectivity index (χ1) is 9.21. The molecule has 0 saturated carbocycles. The van der Waals surface area contributed by atoms with Crippen molar-refractivity contribution in [1.82, 2.24) is 0 Å². The van der Waals surface area contributed by atoms with E-state index in [1.54, 1.807) is 26.4 Å². The molecule has 100 valence electrons. The quantitative estimate of drug-likeness (QED) is 0.895. The number of aromatic hydroxyl groups is 1. The molecular formula is C16H18O3. The van der Waals surface area contributed by atoms with Crippen molar-refractivity contribution in [3.8, 4) is 17.2 Å². The first-order valence-electron chi connectivity index (χ1n) is 6.21. The predicted molar refractivity (Wildman–Crippen MR) is 75.1 cm³/mol. The molecule has 0 radical (unpaired) electrons. The summed E-state index contributed by atoms with van der Waals surface area (Å²) in [5.74, 6) is 1.79.